The summed E-state index contributed by atoms with van der Waals surface area (Å²) in [6.07, 6.45) is 4.94. The topological polar surface area (TPSA) is 59.5 Å². The van der Waals surface area contributed by atoms with E-state index >= 15 is 0 Å². The van der Waals surface area contributed by atoms with E-state index in [1.54, 1.807) is 6.07 Å². The van der Waals surface area contributed by atoms with Gasteiger partial charge in [-0.15, -0.1) is 0 Å². The molecule has 0 aliphatic carbocycles. The maximum atomic E-state index is 12.4. The number of hydrogen-bond donors (Lipinski definition) is 1. The van der Waals surface area contributed by atoms with E-state index in [4.69, 9.17) is 10.2 Å². The summed E-state index contributed by atoms with van der Waals surface area (Å²) in [7, 11) is 0. The summed E-state index contributed by atoms with van der Waals surface area (Å²) in [5, 5.41) is 0. The van der Waals surface area contributed by atoms with Gasteiger partial charge >= 0.3 is 0 Å². The highest BCUT2D eigenvalue weighted by Crippen LogP contribution is 2.25. The maximum Gasteiger partial charge on any atom is 0.257 e. The summed E-state index contributed by atoms with van der Waals surface area (Å²) in [5.74, 6) is 2.18. The number of carbonyl (C=O) groups excluding carboxylic acids is 1. The summed E-state index contributed by atoms with van der Waals surface area (Å²) >= 11 is 0. The van der Waals surface area contributed by atoms with Crippen LogP contribution in [0.15, 0.2) is 16.7 Å². The molecule has 2 rings (SSSR count). The van der Waals surface area contributed by atoms with Crippen molar-refractivity contribution in [1.82, 2.24) is 4.90 Å². The van der Waals surface area contributed by atoms with Crippen molar-refractivity contribution in [3.63, 3.8) is 0 Å². The number of nitrogens with two attached hydrogens (primary N) is 1. The van der Waals surface area contributed by atoms with Gasteiger partial charge in [-0.3, -0.25) is 4.79 Å². The van der Waals surface area contributed by atoms with E-state index < -0.39 is 0 Å². The molecule has 4 nitrogen and oxygen atoms in total. The van der Waals surface area contributed by atoms with Crippen molar-refractivity contribution in [2.45, 2.75) is 39.7 Å². The lowest BCUT2D eigenvalue weighted by molar-refractivity contribution is 0.0758. The molecule has 1 aromatic heterocycles. The molecular formula is C15H24N2O2. The molecule has 2 N–H and O–H groups in total. The zero-order valence-electron chi connectivity index (χ0n) is 11.9. The van der Waals surface area contributed by atoms with Gasteiger partial charge in [0.2, 0.25) is 0 Å². The summed E-state index contributed by atoms with van der Waals surface area (Å²) < 4.78 is 5.24. The number of nitrogens with zero attached hydrogens (tertiary/aromatic N) is 1. The standard InChI is InChI=1S/C15H24N2O2/c1-11(2)12-4-3-6-17(7-5-12)15(18)13-8-14(9-16)19-10-13/h8,10-12H,3-7,9,16H2,1-2H3. The highest BCUT2D eigenvalue weighted by Gasteiger charge is 2.23. The van der Waals surface area contributed by atoms with Gasteiger partial charge in [0, 0.05) is 13.1 Å². The van der Waals surface area contributed by atoms with Crippen molar-refractivity contribution >= 4 is 5.91 Å². The highest BCUT2D eigenvalue weighted by atomic mass is 16.3. The van der Waals surface area contributed by atoms with Gasteiger partial charge in [-0.1, -0.05) is 13.8 Å². The smallest absolute Gasteiger partial charge is 0.257 e. The molecule has 1 aliphatic heterocycles. The molecule has 1 saturated heterocycles. The van der Waals surface area contributed by atoms with E-state index in [0.717, 1.165) is 31.8 Å². The van der Waals surface area contributed by atoms with Crippen LogP contribution in [-0.2, 0) is 6.54 Å². The van der Waals surface area contributed by atoms with E-state index in [9.17, 15) is 4.79 Å². The van der Waals surface area contributed by atoms with Crippen molar-refractivity contribution in [2.24, 2.45) is 17.6 Å². The van der Waals surface area contributed by atoms with Gasteiger partial charge in [-0.05, 0) is 37.2 Å². The number of rotatable bonds is 3. The van der Waals surface area contributed by atoms with Gasteiger partial charge in [-0.2, -0.15) is 0 Å². The van der Waals surface area contributed by atoms with E-state index in [-0.39, 0.29) is 5.91 Å². The van der Waals surface area contributed by atoms with Gasteiger partial charge in [0.25, 0.3) is 5.91 Å². The SMILES string of the molecule is CC(C)C1CCCN(C(=O)c2coc(CN)c2)CC1. The quantitative estimate of drug-likeness (QED) is 0.913. The van der Waals surface area contributed by atoms with Crippen molar-refractivity contribution < 1.29 is 9.21 Å². The molecule has 1 fully saturated rings. The largest absolute Gasteiger partial charge is 0.467 e. The van der Waals surface area contributed by atoms with Crippen LogP contribution in [0.2, 0.25) is 0 Å². The Hall–Kier alpha value is -1.29. The molecule has 1 amide bonds. The number of amides is 1. The molecule has 0 saturated carbocycles. The Balaban J connectivity index is 1.99. The fraction of sp³-hybridized carbons (Fsp3) is 0.667. The molecule has 1 aromatic rings. The van der Waals surface area contributed by atoms with Gasteiger partial charge < -0.3 is 15.1 Å². The van der Waals surface area contributed by atoms with Crippen LogP contribution in [0.1, 0.15) is 49.2 Å². The monoisotopic (exact) mass is 264 g/mol. The Morgan fingerprint density at radius 2 is 2.26 bits per heavy atom. The van der Waals surface area contributed by atoms with Crippen molar-refractivity contribution in [1.29, 1.82) is 0 Å². The first-order valence-electron chi connectivity index (χ1n) is 7.18. The normalized spacial score (nSPS) is 20.6. The zero-order chi connectivity index (χ0) is 13.8. The van der Waals surface area contributed by atoms with Gasteiger partial charge in [0.1, 0.15) is 12.0 Å². The lowest BCUT2D eigenvalue weighted by atomic mass is 9.89. The second-order valence-electron chi connectivity index (χ2n) is 5.73. The molecule has 0 radical (unpaired) electrons. The molecule has 0 spiro atoms. The molecule has 0 aromatic carbocycles. The first kappa shape index (κ1) is 14.1. The van der Waals surface area contributed by atoms with E-state index in [1.807, 2.05) is 4.90 Å². The first-order chi connectivity index (χ1) is 9.11. The van der Waals surface area contributed by atoms with E-state index in [2.05, 4.69) is 13.8 Å². The van der Waals surface area contributed by atoms with Gasteiger partial charge in [0.15, 0.2) is 0 Å². The van der Waals surface area contributed by atoms with Crippen LogP contribution in [0.5, 0.6) is 0 Å². The van der Waals surface area contributed by atoms with Gasteiger partial charge in [0.05, 0.1) is 12.1 Å². The average Bonchev–Trinajstić information content (AvgIpc) is 2.74. The number of hydrogen-bond acceptors (Lipinski definition) is 3. The minimum atomic E-state index is 0.0767. The fourth-order valence-electron chi connectivity index (χ4n) is 2.77. The molecule has 19 heavy (non-hydrogen) atoms. The maximum absolute atomic E-state index is 12.4. The van der Waals surface area contributed by atoms with Gasteiger partial charge in [-0.25, -0.2) is 0 Å². The van der Waals surface area contributed by atoms with Crippen LogP contribution in [0.3, 0.4) is 0 Å². The van der Waals surface area contributed by atoms with Crippen molar-refractivity contribution in [3.8, 4) is 0 Å². The molecule has 2 heterocycles. The predicted octanol–water partition coefficient (Wildman–Crippen LogP) is 2.64. The Labute approximate surface area is 114 Å². The third-order valence-electron chi connectivity index (χ3n) is 4.10. The van der Waals surface area contributed by atoms with Crippen LogP contribution >= 0.6 is 0 Å². The third kappa shape index (κ3) is 3.38. The van der Waals surface area contributed by atoms with Crippen molar-refractivity contribution in [2.75, 3.05) is 13.1 Å². The van der Waals surface area contributed by atoms with Crippen LogP contribution in [0.25, 0.3) is 0 Å². The Bertz CT molecular complexity index is 426. The number of carbonyl (C=O) groups is 1. The Kier molecular flexibility index (Phi) is 4.64. The number of likely N-dealkylation sites (tertiary alicyclic amines) is 1. The second kappa shape index (κ2) is 6.24. The number of furan rings is 1. The molecule has 106 valence electrons. The first-order valence-corrected chi connectivity index (χ1v) is 7.18. The molecule has 1 unspecified atom stereocenters. The molecule has 1 atom stereocenters. The Morgan fingerprint density at radius 3 is 2.89 bits per heavy atom. The molecule has 4 heteroatoms. The summed E-state index contributed by atoms with van der Waals surface area (Å²) in [5.41, 5.74) is 6.13. The lowest BCUT2D eigenvalue weighted by Crippen LogP contribution is -2.31. The Morgan fingerprint density at radius 1 is 1.47 bits per heavy atom. The highest BCUT2D eigenvalue weighted by molar-refractivity contribution is 5.94. The van der Waals surface area contributed by atoms with Crippen LogP contribution in [0.4, 0.5) is 0 Å². The lowest BCUT2D eigenvalue weighted by Gasteiger charge is -2.21. The van der Waals surface area contributed by atoms with E-state index in [0.29, 0.717) is 23.8 Å². The third-order valence-corrected chi connectivity index (χ3v) is 4.10. The predicted molar refractivity (Wildman–Crippen MR) is 74.7 cm³/mol. The zero-order valence-corrected chi connectivity index (χ0v) is 11.9. The summed E-state index contributed by atoms with van der Waals surface area (Å²) in [6.45, 7) is 6.58. The average molecular weight is 264 g/mol. The summed E-state index contributed by atoms with van der Waals surface area (Å²) in [6, 6.07) is 1.76. The summed E-state index contributed by atoms with van der Waals surface area (Å²) in [4.78, 5) is 14.3. The minimum Gasteiger partial charge on any atom is -0.467 e. The second-order valence-corrected chi connectivity index (χ2v) is 5.73. The van der Waals surface area contributed by atoms with E-state index in [1.165, 1.54) is 12.7 Å². The van der Waals surface area contributed by atoms with Crippen LogP contribution in [-0.4, -0.2) is 23.9 Å². The molecule has 0 bridgehead atoms. The van der Waals surface area contributed by atoms with Crippen LogP contribution in [0, 0.1) is 11.8 Å². The van der Waals surface area contributed by atoms with Crippen LogP contribution < -0.4 is 5.73 Å². The fourth-order valence-corrected chi connectivity index (χ4v) is 2.77. The minimum absolute atomic E-state index is 0.0767. The molecule has 1 aliphatic rings. The molecular weight excluding hydrogens is 240 g/mol. The van der Waals surface area contributed by atoms with Crippen molar-refractivity contribution in [3.05, 3.63) is 23.7 Å².